The summed E-state index contributed by atoms with van der Waals surface area (Å²) in [7, 11) is -8.02. The summed E-state index contributed by atoms with van der Waals surface area (Å²) in [4.78, 5) is 26.7. The molecule has 0 aromatic carbocycles. The van der Waals surface area contributed by atoms with Crippen molar-refractivity contribution in [1.29, 1.82) is 0 Å². The van der Waals surface area contributed by atoms with Gasteiger partial charge < -0.3 is 14.7 Å². The molecule has 0 amide bonds. The maximum absolute atomic E-state index is 11.5. The van der Waals surface area contributed by atoms with Gasteiger partial charge in [-0.25, -0.2) is 0 Å². The quantitative estimate of drug-likeness (QED) is 0.401. The highest BCUT2D eigenvalue weighted by atomic mass is 31.2. The molecule has 7 heteroatoms. The third-order valence-corrected chi connectivity index (χ3v) is 7.02. The molecule has 0 aliphatic carbocycles. The Labute approximate surface area is 110 Å². The largest absolute Gasteiger partial charge is 0.344 e. The van der Waals surface area contributed by atoms with Gasteiger partial charge in [0.2, 0.25) is 7.37 Å². The Hall–Kier alpha value is 0.340. The third kappa shape index (κ3) is 12.8. The van der Waals surface area contributed by atoms with E-state index in [1.54, 1.807) is 0 Å². The lowest BCUT2D eigenvalue weighted by Gasteiger charge is -2.12. The van der Waals surface area contributed by atoms with Crippen molar-refractivity contribution < 1.29 is 23.8 Å². The van der Waals surface area contributed by atoms with E-state index in [1.165, 1.54) is 25.7 Å². The summed E-state index contributed by atoms with van der Waals surface area (Å²) in [6, 6.07) is 0. The SMILES string of the molecule is CCCCCCCCCCP(=O)(O)CP(=O)(O)O. The zero-order chi connectivity index (χ0) is 14.1. The number of hydrogen-bond donors (Lipinski definition) is 3. The first-order chi connectivity index (χ1) is 8.27. The van der Waals surface area contributed by atoms with Crippen LogP contribution in [-0.2, 0) is 9.13 Å². The zero-order valence-corrected chi connectivity index (χ0v) is 12.9. The molecule has 0 fully saturated rings. The Balaban J connectivity index is 3.54. The van der Waals surface area contributed by atoms with Gasteiger partial charge in [0.15, 0.2) is 0 Å². The van der Waals surface area contributed by atoms with Crippen molar-refractivity contribution in [2.75, 3.05) is 12.1 Å². The lowest BCUT2D eigenvalue weighted by atomic mass is 10.1. The molecule has 110 valence electrons. The molecule has 0 saturated heterocycles. The van der Waals surface area contributed by atoms with Gasteiger partial charge in [0.1, 0.15) is 5.90 Å². The molecule has 18 heavy (non-hydrogen) atoms. The summed E-state index contributed by atoms with van der Waals surface area (Å²) in [6.07, 6.45) is 8.53. The van der Waals surface area contributed by atoms with Crippen LogP contribution < -0.4 is 0 Å². The molecule has 0 aliphatic rings. The van der Waals surface area contributed by atoms with Crippen LogP contribution in [0.1, 0.15) is 58.3 Å². The molecule has 0 bridgehead atoms. The van der Waals surface area contributed by atoms with Gasteiger partial charge in [0.25, 0.3) is 0 Å². The highest BCUT2D eigenvalue weighted by molar-refractivity contribution is 7.72. The normalized spacial score (nSPS) is 15.6. The average molecular weight is 300 g/mol. The van der Waals surface area contributed by atoms with Crippen LogP contribution in [0.3, 0.4) is 0 Å². The molecule has 0 aliphatic heterocycles. The first-order valence-corrected chi connectivity index (χ1v) is 10.4. The van der Waals surface area contributed by atoms with E-state index in [2.05, 4.69) is 6.92 Å². The molecule has 0 rings (SSSR count). The third-order valence-electron chi connectivity index (χ3n) is 2.77. The first-order valence-electron chi connectivity index (χ1n) is 6.62. The van der Waals surface area contributed by atoms with E-state index < -0.39 is 20.9 Å². The van der Waals surface area contributed by atoms with Gasteiger partial charge >= 0.3 is 7.60 Å². The molecular formula is C11H26O5P2. The summed E-state index contributed by atoms with van der Waals surface area (Å²) < 4.78 is 22.1. The lowest BCUT2D eigenvalue weighted by molar-refractivity contribution is 0.375. The minimum absolute atomic E-state index is 0.0209. The van der Waals surface area contributed by atoms with E-state index in [4.69, 9.17) is 9.79 Å². The second kappa shape index (κ2) is 9.28. The monoisotopic (exact) mass is 300 g/mol. The molecule has 0 heterocycles. The van der Waals surface area contributed by atoms with Gasteiger partial charge in [-0.3, -0.25) is 9.13 Å². The van der Waals surface area contributed by atoms with Crippen molar-refractivity contribution in [2.24, 2.45) is 0 Å². The molecule has 1 atom stereocenters. The minimum atomic E-state index is -4.37. The van der Waals surface area contributed by atoms with E-state index in [1.807, 2.05) is 0 Å². The summed E-state index contributed by atoms with van der Waals surface area (Å²) in [5.41, 5.74) is 0. The van der Waals surface area contributed by atoms with E-state index in [0.29, 0.717) is 6.42 Å². The van der Waals surface area contributed by atoms with Crippen LogP contribution in [0.25, 0.3) is 0 Å². The molecule has 0 radical (unpaired) electrons. The van der Waals surface area contributed by atoms with Gasteiger partial charge in [-0.1, -0.05) is 51.9 Å². The topological polar surface area (TPSA) is 94.8 Å². The van der Waals surface area contributed by atoms with Gasteiger partial charge in [-0.2, -0.15) is 0 Å². The van der Waals surface area contributed by atoms with Crippen LogP contribution in [0, 0.1) is 0 Å². The molecule has 1 unspecified atom stereocenters. The first kappa shape index (κ1) is 18.3. The van der Waals surface area contributed by atoms with Gasteiger partial charge in [0, 0.05) is 6.16 Å². The van der Waals surface area contributed by atoms with Crippen LogP contribution in [0.5, 0.6) is 0 Å². The van der Waals surface area contributed by atoms with Crippen LogP contribution in [0.4, 0.5) is 0 Å². The lowest BCUT2D eigenvalue weighted by Crippen LogP contribution is -1.96. The molecule has 3 N–H and O–H groups in total. The van der Waals surface area contributed by atoms with Crippen molar-refractivity contribution >= 4 is 15.0 Å². The highest BCUT2D eigenvalue weighted by Gasteiger charge is 2.28. The number of unbranched alkanes of at least 4 members (excludes halogenated alkanes) is 7. The fraction of sp³-hybridized carbons (Fsp3) is 1.00. The molecule has 5 nitrogen and oxygen atoms in total. The average Bonchev–Trinajstić information content (AvgIpc) is 2.18. The van der Waals surface area contributed by atoms with Crippen molar-refractivity contribution in [3.05, 3.63) is 0 Å². The molecule has 0 aromatic rings. The molecule has 0 spiro atoms. The zero-order valence-electron chi connectivity index (χ0n) is 11.1. The van der Waals surface area contributed by atoms with Crippen LogP contribution in [0.15, 0.2) is 0 Å². The molecular weight excluding hydrogens is 274 g/mol. The van der Waals surface area contributed by atoms with E-state index >= 15 is 0 Å². The summed E-state index contributed by atoms with van der Waals surface area (Å²) in [5, 5.41) is 0. The van der Waals surface area contributed by atoms with Crippen molar-refractivity contribution in [3.63, 3.8) is 0 Å². The molecule has 0 aromatic heterocycles. The fourth-order valence-electron chi connectivity index (χ4n) is 1.85. The number of hydrogen-bond acceptors (Lipinski definition) is 2. The van der Waals surface area contributed by atoms with E-state index in [-0.39, 0.29) is 6.16 Å². The van der Waals surface area contributed by atoms with Crippen LogP contribution in [0.2, 0.25) is 0 Å². The summed E-state index contributed by atoms with van der Waals surface area (Å²) in [5.74, 6) is -0.878. The van der Waals surface area contributed by atoms with Crippen LogP contribution in [-0.4, -0.2) is 26.7 Å². The predicted octanol–water partition coefficient (Wildman–Crippen LogP) is 3.53. The molecule has 0 saturated carbocycles. The van der Waals surface area contributed by atoms with Gasteiger partial charge in [-0.15, -0.1) is 0 Å². The van der Waals surface area contributed by atoms with E-state index in [9.17, 15) is 14.0 Å². The Kier molecular flexibility index (Phi) is 9.45. The van der Waals surface area contributed by atoms with E-state index in [0.717, 1.165) is 19.3 Å². The highest BCUT2D eigenvalue weighted by Crippen LogP contribution is 2.54. The summed E-state index contributed by atoms with van der Waals surface area (Å²) in [6.45, 7) is 2.17. The Morgan fingerprint density at radius 1 is 0.778 bits per heavy atom. The van der Waals surface area contributed by atoms with Crippen molar-refractivity contribution in [2.45, 2.75) is 58.3 Å². The second-order valence-corrected chi connectivity index (χ2v) is 9.45. The van der Waals surface area contributed by atoms with Crippen LogP contribution >= 0.6 is 15.0 Å². The standard InChI is InChI=1S/C11H26O5P2/c1-2-3-4-5-6-7-8-9-10-17(12,13)11-18(14,15)16/h2-11H2,1H3,(H,12,13)(H2,14,15,16). The Bertz CT molecular complexity index is 300. The second-order valence-electron chi connectivity index (χ2n) is 4.85. The maximum atomic E-state index is 11.5. The fourth-order valence-corrected chi connectivity index (χ4v) is 5.44. The Morgan fingerprint density at radius 3 is 1.67 bits per heavy atom. The minimum Gasteiger partial charge on any atom is -0.344 e. The summed E-state index contributed by atoms with van der Waals surface area (Å²) >= 11 is 0. The smallest absolute Gasteiger partial charge is 0.335 e. The number of rotatable bonds is 11. The van der Waals surface area contributed by atoms with Gasteiger partial charge in [-0.05, 0) is 6.42 Å². The predicted molar refractivity (Wildman–Crippen MR) is 74.2 cm³/mol. The Morgan fingerprint density at radius 2 is 1.22 bits per heavy atom. The van der Waals surface area contributed by atoms with Crippen molar-refractivity contribution in [1.82, 2.24) is 0 Å². The van der Waals surface area contributed by atoms with Gasteiger partial charge in [0.05, 0.1) is 0 Å². The van der Waals surface area contributed by atoms with Crippen molar-refractivity contribution in [3.8, 4) is 0 Å². The maximum Gasteiger partial charge on any atom is 0.335 e.